The Morgan fingerprint density at radius 1 is 1.29 bits per heavy atom. The van der Waals surface area contributed by atoms with Crippen LogP contribution in [-0.4, -0.2) is 28.7 Å². The first-order valence-electron chi connectivity index (χ1n) is 6.39. The summed E-state index contributed by atoms with van der Waals surface area (Å²) in [5.41, 5.74) is 0.745. The molecule has 0 aliphatic carbocycles. The van der Waals surface area contributed by atoms with Crippen molar-refractivity contribution in [3.05, 3.63) is 34.6 Å². The van der Waals surface area contributed by atoms with Crippen molar-refractivity contribution in [1.29, 1.82) is 0 Å². The topological polar surface area (TPSA) is 76.5 Å². The Labute approximate surface area is 131 Å². The van der Waals surface area contributed by atoms with E-state index in [1.165, 1.54) is 6.33 Å². The summed E-state index contributed by atoms with van der Waals surface area (Å²) in [5.74, 6) is 2.08. The zero-order valence-corrected chi connectivity index (χ0v) is 13.3. The van der Waals surface area contributed by atoms with E-state index in [0.29, 0.717) is 27.7 Å². The molecule has 1 aromatic carbocycles. The number of hydrogen-bond acceptors (Lipinski definition) is 6. The van der Waals surface area contributed by atoms with Gasteiger partial charge < -0.3 is 19.9 Å². The van der Waals surface area contributed by atoms with Gasteiger partial charge in [0.1, 0.15) is 16.6 Å². The first-order chi connectivity index (χ1) is 10.2. The Hall–Kier alpha value is -1.86. The van der Waals surface area contributed by atoms with E-state index < -0.39 is 0 Å². The number of ether oxygens (including phenoxy) is 2. The van der Waals surface area contributed by atoms with Gasteiger partial charge in [0, 0.05) is 6.54 Å². The van der Waals surface area contributed by atoms with E-state index in [0.717, 1.165) is 12.1 Å². The highest BCUT2D eigenvalue weighted by atomic mass is 79.9. The third kappa shape index (κ3) is 3.62. The maximum atomic E-state index is 9.14. The number of nitrogens with zero attached hydrogens (tertiary/aromatic N) is 2. The van der Waals surface area contributed by atoms with Crippen LogP contribution in [0.4, 0.5) is 5.82 Å². The van der Waals surface area contributed by atoms with Crippen molar-refractivity contribution in [2.45, 2.75) is 13.5 Å². The molecule has 0 amide bonds. The number of anilines is 1. The van der Waals surface area contributed by atoms with Crippen LogP contribution in [0.3, 0.4) is 0 Å². The number of aliphatic hydroxyl groups is 1. The van der Waals surface area contributed by atoms with Gasteiger partial charge in [-0.15, -0.1) is 0 Å². The summed E-state index contributed by atoms with van der Waals surface area (Å²) in [7, 11) is 1.54. The molecule has 0 spiro atoms. The van der Waals surface area contributed by atoms with Gasteiger partial charge in [-0.25, -0.2) is 9.97 Å². The number of benzene rings is 1. The summed E-state index contributed by atoms with van der Waals surface area (Å²) in [5, 5.41) is 12.3. The Morgan fingerprint density at radius 2 is 2.10 bits per heavy atom. The highest BCUT2D eigenvalue weighted by Gasteiger charge is 2.13. The number of rotatable bonds is 6. The third-order valence-electron chi connectivity index (χ3n) is 2.72. The molecule has 0 saturated heterocycles. The van der Waals surface area contributed by atoms with Crippen molar-refractivity contribution >= 4 is 21.7 Å². The summed E-state index contributed by atoms with van der Waals surface area (Å²) < 4.78 is 11.7. The highest BCUT2D eigenvalue weighted by Crippen LogP contribution is 2.36. The van der Waals surface area contributed by atoms with E-state index in [4.69, 9.17) is 14.6 Å². The third-order valence-corrected chi connectivity index (χ3v) is 3.43. The molecule has 2 rings (SSSR count). The van der Waals surface area contributed by atoms with Crippen molar-refractivity contribution in [2.75, 3.05) is 19.0 Å². The average molecular weight is 354 g/mol. The number of nitrogens with one attached hydrogen (secondary N) is 1. The fraction of sp³-hybridized carbons (Fsp3) is 0.286. The summed E-state index contributed by atoms with van der Waals surface area (Å²) in [6.07, 6.45) is 1.42. The minimum Gasteiger partial charge on any atom is -0.493 e. The summed E-state index contributed by atoms with van der Waals surface area (Å²) >= 11 is 3.42. The van der Waals surface area contributed by atoms with Crippen LogP contribution < -0.4 is 14.8 Å². The van der Waals surface area contributed by atoms with Gasteiger partial charge in [0.15, 0.2) is 11.5 Å². The average Bonchev–Trinajstić information content (AvgIpc) is 2.51. The SMILES string of the molecule is CCNc1ncnc(Oc2ccc(CO)cc2OC)c1Br. The van der Waals surface area contributed by atoms with Gasteiger partial charge in [-0.2, -0.15) is 0 Å². The minimum atomic E-state index is -0.0571. The van der Waals surface area contributed by atoms with Crippen molar-refractivity contribution in [2.24, 2.45) is 0 Å². The van der Waals surface area contributed by atoms with Crippen LogP contribution in [0.1, 0.15) is 12.5 Å². The molecule has 0 atom stereocenters. The first kappa shape index (κ1) is 15.5. The van der Waals surface area contributed by atoms with E-state index in [1.54, 1.807) is 25.3 Å². The lowest BCUT2D eigenvalue weighted by Crippen LogP contribution is -2.02. The van der Waals surface area contributed by atoms with Crippen molar-refractivity contribution in [1.82, 2.24) is 9.97 Å². The van der Waals surface area contributed by atoms with Gasteiger partial charge in [-0.1, -0.05) is 6.07 Å². The molecule has 0 unspecified atom stereocenters. The van der Waals surface area contributed by atoms with E-state index in [9.17, 15) is 0 Å². The maximum Gasteiger partial charge on any atom is 0.239 e. The molecular weight excluding hydrogens is 338 g/mol. The molecule has 2 N–H and O–H groups in total. The molecule has 0 saturated carbocycles. The van der Waals surface area contributed by atoms with E-state index >= 15 is 0 Å². The first-order valence-corrected chi connectivity index (χ1v) is 7.18. The second kappa shape index (κ2) is 7.24. The van der Waals surface area contributed by atoms with Crippen LogP contribution in [0, 0.1) is 0 Å². The van der Waals surface area contributed by atoms with Crippen molar-refractivity contribution < 1.29 is 14.6 Å². The lowest BCUT2D eigenvalue weighted by Gasteiger charge is -2.13. The number of hydrogen-bond donors (Lipinski definition) is 2. The van der Waals surface area contributed by atoms with Crippen LogP contribution in [0.2, 0.25) is 0 Å². The van der Waals surface area contributed by atoms with Crippen LogP contribution in [-0.2, 0) is 6.61 Å². The lowest BCUT2D eigenvalue weighted by molar-refractivity contribution is 0.280. The molecular formula is C14H16BrN3O3. The molecule has 1 aromatic heterocycles. The van der Waals surface area contributed by atoms with Gasteiger partial charge in [0.05, 0.1) is 13.7 Å². The number of aromatic nitrogens is 2. The fourth-order valence-corrected chi connectivity index (χ4v) is 2.14. The van der Waals surface area contributed by atoms with Crippen molar-refractivity contribution in [3.63, 3.8) is 0 Å². The smallest absolute Gasteiger partial charge is 0.239 e. The second-order valence-electron chi connectivity index (χ2n) is 4.12. The zero-order chi connectivity index (χ0) is 15.2. The Morgan fingerprint density at radius 3 is 2.76 bits per heavy atom. The van der Waals surface area contributed by atoms with Gasteiger partial charge in [-0.05, 0) is 40.5 Å². The molecule has 0 fully saturated rings. The fourth-order valence-electron chi connectivity index (χ4n) is 1.71. The Bertz CT molecular complexity index is 622. The number of aliphatic hydroxyl groups excluding tert-OH is 1. The van der Waals surface area contributed by atoms with Gasteiger partial charge in [0.25, 0.3) is 0 Å². The largest absolute Gasteiger partial charge is 0.493 e. The molecule has 21 heavy (non-hydrogen) atoms. The van der Waals surface area contributed by atoms with Gasteiger partial charge in [0.2, 0.25) is 5.88 Å². The zero-order valence-electron chi connectivity index (χ0n) is 11.8. The van der Waals surface area contributed by atoms with Crippen molar-refractivity contribution in [3.8, 4) is 17.4 Å². The molecule has 0 aliphatic rings. The van der Waals surface area contributed by atoms with Crippen LogP contribution in [0.15, 0.2) is 29.0 Å². The van der Waals surface area contributed by atoms with Gasteiger partial charge >= 0.3 is 0 Å². The standard InChI is InChI=1S/C14H16BrN3O3/c1-3-16-13-12(15)14(18-8-17-13)21-10-5-4-9(7-19)6-11(10)20-2/h4-6,8,19H,3,7H2,1-2H3,(H,16,17,18). The summed E-state index contributed by atoms with van der Waals surface area (Å²) in [4.78, 5) is 8.24. The summed E-state index contributed by atoms with van der Waals surface area (Å²) in [6, 6.07) is 5.21. The molecule has 2 aromatic rings. The molecule has 112 valence electrons. The molecule has 1 heterocycles. The normalized spacial score (nSPS) is 10.3. The number of methoxy groups -OCH3 is 1. The molecule has 0 bridgehead atoms. The second-order valence-corrected chi connectivity index (χ2v) is 4.91. The van der Waals surface area contributed by atoms with Crippen LogP contribution in [0.25, 0.3) is 0 Å². The summed E-state index contributed by atoms with van der Waals surface area (Å²) in [6.45, 7) is 2.66. The van der Waals surface area contributed by atoms with Crippen LogP contribution >= 0.6 is 15.9 Å². The van der Waals surface area contributed by atoms with E-state index in [1.807, 2.05) is 6.92 Å². The Kier molecular flexibility index (Phi) is 5.35. The molecule has 6 nitrogen and oxygen atoms in total. The predicted octanol–water partition coefficient (Wildman–Crippen LogP) is 2.96. The van der Waals surface area contributed by atoms with Crippen LogP contribution in [0.5, 0.6) is 17.4 Å². The molecule has 0 aliphatic heterocycles. The quantitative estimate of drug-likeness (QED) is 0.831. The van der Waals surface area contributed by atoms with Gasteiger partial charge in [-0.3, -0.25) is 0 Å². The minimum absolute atomic E-state index is 0.0571. The Balaban J connectivity index is 2.32. The van der Waals surface area contributed by atoms with E-state index in [-0.39, 0.29) is 6.61 Å². The van der Waals surface area contributed by atoms with E-state index in [2.05, 4.69) is 31.2 Å². The monoisotopic (exact) mass is 353 g/mol. The molecule has 0 radical (unpaired) electrons. The number of halogens is 1. The molecule has 7 heteroatoms. The highest BCUT2D eigenvalue weighted by molar-refractivity contribution is 9.10. The predicted molar refractivity (Wildman–Crippen MR) is 82.9 cm³/mol. The maximum absolute atomic E-state index is 9.14. The lowest BCUT2D eigenvalue weighted by atomic mass is 10.2.